The lowest BCUT2D eigenvalue weighted by atomic mass is 10.1. The van der Waals surface area contributed by atoms with Gasteiger partial charge in [0.2, 0.25) is 5.91 Å². The Balaban J connectivity index is 2.77. The molecule has 1 aromatic carbocycles. The molecule has 4 nitrogen and oxygen atoms in total. The van der Waals surface area contributed by atoms with Crippen molar-refractivity contribution < 1.29 is 14.6 Å². The highest BCUT2D eigenvalue weighted by Gasteiger charge is 2.05. The molecule has 0 aromatic heterocycles. The zero-order valence-corrected chi connectivity index (χ0v) is 10.3. The number of aryl methyl sites for hydroxylation is 1. The molecule has 0 unspecified atom stereocenters. The summed E-state index contributed by atoms with van der Waals surface area (Å²) < 4.78 is 5.17. The molecule has 0 saturated carbocycles. The molecule has 0 aliphatic heterocycles. The van der Waals surface area contributed by atoms with E-state index in [1.165, 1.54) is 6.92 Å². The van der Waals surface area contributed by atoms with Gasteiger partial charge in [-0.25, -0.2) is 0 Å². The predicted octanol–water partition coefficient (Wildman–Crippen LogP) is 1.97. The Morgan fingerprint density at radius 3 is 2.76 bits per heavy atom. The van der Waals surface area contributed by atoms with Gasteiger partial charge in [-0.1, -0.05) is 6.07 Å². The predicted molar refractivity (Wildman–Crippen MR) is 67.3 cm³/mol. The zero-order chi connectivity index (χ0) is 12.7. The summed E-state index contributed by atoms with van der Waals surface area (Å²) in [6, 6.07) is 5.73. The van der Waals surface area contributed by atoms with Gasteiger partial charge < -0.3 is 15.2 Å². The number of methoxy groups -OCH3 is 1. The average molecular weight is 237 g/mol. The highest BCUT2D eigenvalue weighted by atomic mass is 16.5. The van der Waals surface area contributed by atoms with Crippen LogP contribution in [0.5, 0.6) is 5.75 Å². The van der Waals surface area contributed by atoms with Crippen molar-refractivity contribution in [1.29, 1.82) is 0 Å². The van der Waals surface area contributed by atoms with E-state index in [0.29, 0.717) is 11.4 Å². The van der Waals surface area contributed by atoms with Crippen LogP contribution in [0.25, 0.3) is 0 Å². The zero-order valence-electron chi connectivity index (χ0n) is 10.3. The van der Waals surface area contributed by atoms with Crippen LogP contribution in [0.15, 0.2) is 18.2 Å². The number of unbranched alkanes of at least 4 members (excludes halogenated alkanes) is 1. The molecule has 0 heterocycles. The molecule has 1 rings (SSSR count). The number of anilines is 1. The molecule has 0 spiro atoms. The van der Waals surface area contributed by atoms with E-state index in [0.717, 1.165) is 24.8 Å². The van der Waals surface area contributed by atoms with E-state index in [2.05, 4.69) is 5.32 Å². The van der Waals surface area contributed by atoms with Crippen LogP contribution in [-0.2, 0) is 11.2 Å². The topological polar surface area (TPSA) is 58.6 Å². The van der Waals surface area contributed by atoms with Gasteiger partial charge in [0, 0.05) is 13.5 Å². The molecule has 0 saturated heterocycles. The minimum atomic E-state index is -0.115. The highest BCUT2D eigenvalue weighted by molar-refractivity contribution is 5.90. The summed E-state index contributed by atoms with van der Waals surface area (Å²) in [6.45, 7) is 1.69. The monoisotopic (exact) mass is 237 g/mol. The summed E-state index contributed by atoms with van der Waals surface area (Å²) in [5.74, 6) is 0.543. The Labute approximate surface area is 102 Å². The van der Waals surface area contributed by atoms with Crippen molar-refractivity contribution >= 4 is 11.6 Å². The molecule has 0 radical (unpaired) electrons. The first-order chi connectivity index (χ1) is 8.17. The second-order valence-corrected chi connectivity index (χ2v) is 3.90. The minimum Gasteiger partial charge on any atom is -0.495 e. The highest BCUT2D eigenvalue weighted by Crippen LogP contribution is 2.26. The lowest BCUT2D eigenvalue weighted by molar-refractivity contribution is -0.114. The molecule has 0 aliphatic carbocycles. The Morgan fingerprint density at radius 2 is 2.18 bits per heavy atom. The number of ether oxygens (including phenoxy) is 1. The molecule has 4 heteroatoms. The summed E-state index contributed by atoms with van der Waals surface area (Å²) in [5, 5.41) is 11.5. The fraction of sp³-hybridized carbons (Fsp3) is 0.462. The molecule has 0 bridgehead atoms. The van der Waals surface area contributed by atoms with Crippen LogP contribution in [0.1, 0.15) is 25.3 Å². The van der Waals surface area contributed by atoms with Crippen molar-refractivity contribution in [3.05, 3.63) is 23.8 Å². The maximum atomic E-state index is 11.1. The van der Waals surface area contributed by atoms with E-state index in [4.69, 9.17) is 9.84 Å². The van der Waals surface area contributed by atoms with Crippen molar-refractivity contribution in [1.82, 2.24) is 0 Å². The number of carbonyl (C=O) groups is 1. The molecule has 94 valence electrons. The summed E-state index contributed by atoms with van der Waals surface area (Å²) >= 11 is 0. The number of aliphatic hydroxyl groups is 1. The van der Waals surface area contributed by atoms with Crippen molar-refractivity contribution in [3.63, 3.8) is 0 Å². The van der Waals surface area contributed by atoms with Crippen LogP contribution in [-0.4, -0.2) is 24.7 Å². The van der Waals surface area contributed by atoms with Crippen molar-refractivity contribution in [2.75, 3.05) is 19.0 Å². The van der Waals surface area contributed by atoms with Gasteiger partial charge in [-0.3, -0.25) is 4.79 Å². The van der Waals surface area contributed by atoms with Crippen molar-refractivity contribution in [3.8, 4) is 5.75 Å². The third-order valence-corrected chi connectivity index (χ3v) is 2.45. The first-order valence-electron chi connectivity index (χ1n) is 5.72. The summed E-state index contributed by atoms with van der Waals surface area (Å²) in [7, 11) is 1.58. The lowest BCUT2D eigenvalue weighted by Gasteiger charge is -2.10. The standard InChI is InChI=1S/C13H19NO3/c1-10(16)14-12-9-11(5-3-4-8-15)6-7-13(12)17-2/h6-7,9,15H,3-5,8H2,1-2H3,(H,14,16). The van der Waals surface area contributed by atoms with Crippen LogP contribution in [0.4, 0.5) is 5.69 Å². The van der Waals surface area contributed by atoms with Gasteiger partial charge in [-0.15, -0.1) is 0 Å². The number of carbonyl (C=O) groups excluding carboxylic acids is 1. The van der Waals surface area contributed by atoms with Gasteiger partial charge in [-0.2, -0.15) is 0 Å². The molecule has 1 amide bonds. The molecular formula is C13H19NO3. The number of hydrogen-bond donors (Lipinski definition) is 2. The molecule has 17 heavy (non-hydrogen) atoms. The van der Waals surface area contributed by atoms with E-state index >= 15 is 0 Å². The first-order valence-corrected chi connectivity index (χ1v) is 5.72. The van der Waals surface area contributed by atoms with E-state index in [1.54, 1.807) is 7.11 Å². The Hall–Kier alpha value is -1.55. The van der Waals surface area contributed by atoms with Gasteiger partial charge in [0.05, 0.1) is 12.8 Å². The van der Waals surface area contributed by atoms with E-state index in [1.807, 2.05) is 18.2 Å². The number of nitrogens with one attached hydrogen (secondary N) is 1. The van der Waals surface area contributed by atoms with Crippen molar-refractivity contribution in [2.45, 2.75) is 26.2 Å². The molecule has 0 fully saturated rings. The minimum absolute atomic E-state index is 0.115. The van der Waals surface area contributed by atoms with Crippen LogP contribution in [0.2, 0.25) is 0 Å². The number of amides is 1. The first kappa shape index (κ1) is 13.5. The van der Waals surface area contributed by atoms with Crippen LogP contribution < -0.4 is 10.1 Å². The molecule has 2 N–H and O–H groups in total. The molecule has 0 aliphatic rings. The van der Waals surface area contributed by atoms with Gasteiger partial charge >= 0.3 is 0 Å². The SMILES string of the molecule is COc1ccc(CCCCO)cc1NC(C)=O. The number of hydrogen-bond acceptors (Lipinski definition) is 3. The van der Waals surface area contributed by atoms with Crippen molar-refractivity contribution in [2.24, 2.45) is 0 Å². The second-order valence-electron chi connectivity index (χ2n) is 3.90. The summed E-state index contributed by atoms with van der Waals surface area (Å²) in [6.07, 6.45) is 2.61. The maximum absolute atomic E-state index is 11.1. The fourth-order valence-corrected chi connectivity index (χ4v) is 1.64. The molecule has 1 aromatic rings. The normalized spacial score (nSPS) is 10.1. The van der Waals surface area contributed by atoms with Crippen LogP contribution in [0, 0.1) is 0 Å². The largest absolute Gasteiger partial charge is 0.495 e. The van der Waals surface area contributed by atoms with Crippen LogP contribution in [0.3, 0.4) is 0 Å². The summed E-state index contributed by atoms with van der Waals surface area (Å²) in [5.41, 5.74) is 1.82. The fourth-order valence-electron chi connectivity index (χ4n) is 1.64. The molecule has 0 atom stereocenters. The quantitative estimate of drug-likeness (QED) is 0.744. The van der Waals surface area contributed by atoms with Crippen LogP contribution >= 0.6 is 0 Å². The number of benzene rings is 1. The van der Waals surface area contributed by atoms with E-state index in [-0.39, 0.29) is 12.5 Å². The number of rotatable bonds is 6. The Morgan fingerprint density at radius 1 is 1.41 bits per heavy atom. The maximum Gasteiger partial charge on any atom is 0.221 e. The van der Waals surface area contributed by atoms with E-state index < -0.39 is 0 Å². The third kappa shape index (κ3) is 4.44. The average Bonchev–Trinajstić information content (AvgIpc) is 2.29. The Kier molecular flexibility index (Phi) is 5.49. The van der Waals surface area contributed by atoms with E-state index in [9.17, 15) is 4.79 Å². The second kappa shape index (κ2) is 6.91. The smallest absolute Gasteiger partial charge is 0.221 e. The van der Waals surface area contributed by atoms with Gasteiger partial charge in [-0.05, 0) is 37.0 Å². The number of aliphatic hydroxyl groups excluding tert-OH is 1. The van der Waals surface area contributed by atoms with Gasteiger partial charge in [0.15, 0.2) is 0 Å². The third-order valence-electron chi connectivity index (χ3n) is 2.45. The molecular weight excluding hydrogens is 218 g/mol. The Bertz CT molecular complexity index is 377. The lowest BCUT2D eigenvalue weighted by Crippen LogP contribution is -2.07. The summed E-state index contributed by atoms with van der Waals surface area (Å²) in [4.78, 5) is 11.1. The van der Waals surface area contributed by atoms with Gasteiger partial charge in [0.25, 0.3) is 0 Å². The van der Waals surface area contributed by atoms with Gasteiger partial charge in [0.1, 0.15) is 5.75 Å².